The first-order valence-corrected chi connectivity index (χ1v) is 6.03. The Balaban J connectivity index is 1.65. The normalized spacial score (nSPS) is 20.5. The molecule has 1 atom stereocenters. The Hall–Kier alpha value is -0.870. The molecule has 1 aromatic heterocycles. The second-order valence-corrected chi connectivity index (χ2v) is 4.60. The highest BCUT2D eigenvalue weighted by molar-refractivity contribution is 5.08. The van der Waals surface area contributed by atoms with Crippen LogP contribution in [0.2, 0.25) is 0 Å². The van der Waals surface area contributed by atoms with Gasteiger partial charge >= 0.3 is 0 Å². The van der Waals surface area contributed by atoms with Crippen molar-refractivity contribution in [3.05, 3.63) is 17.5 Å². The number of nitrogens with zero attached hydrogens (tertiary/aromatic N) is 2. The van der Waals surface area contributed by atoms with Gasteiger partial charge < -0.3 is 10.1 Å². The standard InChI is InChI=1S/C12H21N3O/c1-10-7-12(15(2)14-10)8-13-5-3-11-4-6-16-9-11/h7,11,13H,3-6,8-9H2,1-2H3. The zero-order valence-electron chi connectivity index (χ0n) is 10.2. The molecule has 90 valence electrons. The Morgan fingerprint density at radius 1 is 1.62 bits per heavy atom. The first-order valence-electron chi connectivity index (χ1n) is 6.03. The van der Waals surface area contributed by atoms with E-state index >= 15 is 0 Å². The number of nitrogens with one attached hydrogen (secondary N) is 1. The van der Waals surface area contributed by atoms with E-state index in [0.717, 1.165) is 37.9 Å². The van der Waals surface area contributed by atoms with E-state index in [9.17, 15) is 0 Å². The lowest BCUT2D eigenvalue weighted by molar-refractivity contribution is 0.184. The van der Waals surface area contributed by atoms with Crippen LogP contribution in [0, 0.1) is 12.8 Å². The van der Waals surface area contributed by atoms with E-state index in [1.165, 1.54) is 18.5 Å². The highest BCUT2D eigenvalue weighted by Gasteiger charge is 2.14. The van der Waals surface area contributed by atoms with Crippen molar-refractivity contribution in [2.45, 2.75) is 26.3 Å². The summed E-state index contributed by atoms with van der Waals surface area (Å²) in [6, 6.07) is 2.13. The highest BCUT2D eigenvalue weighted by Crippen LogP contribution is 2.15. The van der Waals surface area contributed by atoms with Gasteiger partial charge in [-0.05, 0) is 38.3 Å². The van der Waals surface area contributed by atoms with Crippen molar-refractivity contribution in [3.8, 4) is 0 Å². The van der Waals surface area contributed by atoms with Gasteiger partial charge in [0, 0.05) is 26.8 Å². The molecule has 1 aliphatic rings. The van der Waals surface area contributed by atoms with Crippen LogP contribution >= 0.6 is 0 Å². The van der Waals surface area contributed by atoms with Crippen molar-refractivity contribution in [2.75, 3.05) is 19.8 Å². The van der Waals surface area contributed by atoms with Gasteiger partial charge in [-0.3, -0.25) is 4.68 Å². The van der Waals surface area contributed by atoms with Crippen LogP contribution in [0.25, 0.3) is 0 Å². The second kappa shape index (κ2) is 5.46. The SMILES string of the molecule is Cc1cc(CNCCC2CCOC2)n(C)n1. The zero-order valence-corrected chi connectivity index (χ0v) is 10.2. The Labute approximate surface area is 97.0 Å². The van der Waals surface area contributed by atoms with Gasteiger partial charge in [-0.2, -0.15) is 5.10 Å². The largest absolute Gasteiger partial charge is 0.381 e. The van der Waals surface area contributed by atoms with Crippen LogP contribution in [0.4, 0.5) is 0 Å². The second-order valence-electron chi connectivity index (χ2n) is 4.60. The molecule has 2 rings (SSSR count). The van der Waals surface area contributed by atoms with Gasteiger partial charge in [-0.15, -0.1) is 0 Å². The highest BCUT2D eigenvalue weighted by atomic mass is 16.5. The molecule has 16 heavy (non-hydrogen) atoms. The first-order chi connectivity index (χ1) is 7.75. The summed E-state index contributed by atoms with van der Waals surface area (Å²) in [5.74, 6) is 0.765. The number of ether oxygens (including phenoxy) is 1. The maximum atomic E-state index is 5.35. The molecule has 1 fully saturated rings. The van der Waals surface area contributed by atoms with Gasteiger partial charge in [-0.1, -0.05) is 0 Å². The molecule has 4 nitrogen and oxygen atoms in total. The third kappa shape index (κ3) is 3.06. The monoisotopic (exact) mass is 223 g/mol. The molecule has 1 aliphatic heterocycles. The van der Waals surface area contributed by atoms with Crippen LogP contribution in [0.5, 0.6) is 0 Å². The minimum atomic E-state index is 0.765. The zero-order chi connectivity index (χ0) is 11.4. The third-order valence-corrected chi connectivity index (χ3v) is 3.16. The van der Waals surface area contributed by atoms with E-state index in [-0.39, 0.29) is 0 Å². The maximum Gasteiger partial charge on any atom is 0.0597 e. The lowest BCUT2D eigenvalue weighted by Gasteiger charge is -2.08. The molecule has 2 heterocycles. The minimum absolute atomic E-state index is 0.765. The summed E-state index contributed by atoms with van der Waals surface area (Å²) in [7, 11) is 1.99. The van der Waals surface area contributed by atoms with Crippen LogP contribution in [0.1, 0.15) is 24.2 Å². The van der Waals surface area contributed by atoms with E-state index in [1.54, 1.807) is 0 Å². The summed E-state index contributed by atoms with van der Waals surface area (Å²) >= 11 is 0. The number of aryl methyl sites for hydroxylation is 2. The Kier molecular flexibility index (Phi) is 3.96. The molecule has 0 amide bonds. The Morgan fingerprint density at radius 2 is 2.50 bits per heavy atom. The molecule has 0 radical (unpaired) electrons. The smallest absolute Gasteiger partial charge is 0.0597 e. The van der Waals surface area contributed by atoms with E-state index in [0.29, 0.717) is 0 Å². The van der Waals surface area contributed by atoms with E-state index in [4.69, 9.17) is 4.74 Å². The van der Waals surface area contributed by atoms with Gasteiger partial charge in [0.05, 0.1) is 11.4 Å². The average molecular weight is 223 g/mol. The van der Waals surface area contributed by atoms with Crippen molar-refractivity contribution in [2.24, 2.45) is 13.0 Å². The van der Waals surface area contributed by atoms with Crippen molar-refractivity contribution < 1.29 is 4.74 Å². The molecule has 1 N–H and O–H groups in total. The fourth-order valence-electron chi connectivity index (χ4n) is 2.16. The summed E-state index contributed by atoms with van der Waals surface area (Å²) in [4.78, 5) is 0. The molecule has 0 aromatic carbocycles. The van der Waals surface area contributed by atoms with Gasteiger partial charge in [0.2, 0.25) is 0 Å². The first kappa shape index (κ1) is 11.6. The van der Waals surface area contributed by atoms with Crippen LogP contribution in [0.3, 0.4) is 0 Å². The molecule has 0 aliphatic carbocycles. The maximum absolute atomic E-state index is 5.35. The molecule has 0 bridgehead atoms. The van der Waals surface area contributed by atoms with E-state index in [2.05, 4.69) is 16.5 Å². The minimum Gasteiger partial charge on any atom is -0.381 e. The van der Waals surface area contributed by atoms with Crippen molar-refractivity contribution in [3.63, 3.8) is 0 Å². The predicted molar refractivity (Wildman–Crippen MR) is 63.2 cm³/mol. The van der Waals surface area contributed by atoms with Gasteiger partial charge in [-0.25, -0.2) is 0 Å². The molecule has 0 spiro atoms. The van der Waals surface area contributed by atoms with E-state index < -0.39 is 0 Å². The van der Waals surface area contributed by atoms with Crippen molar-refractivity contribution in [1.82, 2.24) is 15.1 Å². The summed E-state index contributed by atoms with van der Waals surface area (Å²) < 4.78 is 7.30. The lowest BCUT2D eigenvalue weighted by Crippen LogP contribution is -2.19. The molecular weight excluding hydrogens is 202 g/mol. The van der Waals surface area contributed by atoms with Gasteiger partial charge in [0.25, 0.3) is 0 Å². The van der Waals surface area contributed by atoms with Crippen LogP contribution in [-0.2, 0) is 18.3 Å². The lowest BCUT2D eigenvalue weighted by atomic mass is 10.1. The van der Waals surface area contributed by atoms with Crippen LogP contribution in [0.15, 0.2) is 6.07 Å². The molecule has 0 saturated carbocycles. The average Bonchev–Trinajstić information content (AvgIpc) is 2.84. The van der Waals surface area contributed by atoms with Gasteiger partial charge in [0.15, 0.2) is 0 Å². The topological polar surface area (TPSA) is 39.1 Å². The molecule has 1 aromatic rings. The Morgan fingerprint density at radius 3 is 3.12 bits per heavy atom. The van der Waals surface area contributed by atoms with Crippen LogP contribution < -0.4 is 5.32 Å². The number of hydrogen-bond donors (Lipinski definition) is 1. The summed E-state index contributed by atoms with van der Waals surface area (Å²) in [6.07, 6.45) is 2.45. The number of rotatable bonds is 5. The molecule has 4 heteroatoms. The third-order valence-electron chi connectivity index (χ3n) is 3.16. The number of hydrogen-bond acceptors (Lipinski definition) is 3. The summed E-state index contributed by atoms with van der Waals surface area (Å²) in [5, 5.41) is 7.79. The molecule has 1 saturated heterocycles. The summed E-state index contributed by atoms with van der Waals surface area (Å²) in [6.45, 7) is 5.90. The van der Waals surface area contributed by atoms with Crippen molar-refractivity contribution >= 4 is 0 Å². The van der Waals surface area contributed by atoms with E-state index in [1.807, 2.05) is 18.7 Å². The molecular formula is C12H21N3O. The fourth-order valence-corrected chi connectivity index (χ4v) is 2.16. The molecule has 1 unspecified atom stereocenters. The quantitative estimate of drug-likeness (QED) is 0.763. The fraction of sp³-hybridized carbons (Fsp3) is 0.750. The van der Waals surface area contributed by atoms with Gasteiger partial charge in [0.1, 0.15) is 0 Å². The number of aromatic nitrogens is 2. The van der Waals surface area contributed by atoms with Crippen molar-refractivity contribution in [1.29, 1.82) is 0 Å². The summed E-state index contributed by atoms with van der Waals surface area (Å²) in [5.41, 5.74) is 2.34. The Bertz CT molecular complexity index is 329. The predicted octanol–water partition coefficient (Wildman–Crippen LogP) is 1.24. The van der Waals surface area contributed by atoms with Crippen LogP contribution in [-0.4, -0.2) is 29.5 Å².